The van der Waals surface area contributed by atoms with Gasteiger partial charge in [0.1, 0.15) is 35.2 Å². The van der Waals surface area contributed by atoms with Crippen LogP contribution in [0.25, 0.3) is 22.0 Å². The lowest BCUT2D eigenvalue weighted by Gasteiger charge is -2.23. The molecule has 5 aromatic rings. The van der Waals surface area contributed by atoms with Gasteiger partial charge in [0.15, 0.2) is 11.5 Å². The first-order valence-electron chi connectivity index (χ1n) is 16.7. The van der Waals surface area contributed by atoms with Crippen molar-refractivity contribution in [2.45, 2.75) is 62.9 Å². The Morgan fingerprint density at radius 1 is 1.12 bits per heavy atom. The van der Waals surface area contributed by atoms with E-state index in [2.05, 4.69) is 42.2 Å². The average molecular weight is 824 g/mol. The summed E-state index contributed by atoms with van der Waals surface area (Å²) in [7, 11) is -3.84. The molecule has 20 heteroatoms. The van der Waals surface area contributed by atoms with Crippen LogP contribution < -0.4 is 10.0 Å². The van der Waals surface area contributed by atoms with Gasteiger partial charge in [0, 0.05) is 28.7 Å². The standard InChI is InChI=1S/C36H29ClF7N7O4S/c1-34(2,53)9-8-19-4-5-20(21-6-7-24(37)28-30(21)47-48-33(28)50-56(3,54)55)29(45-19)25(12-16-10-17(38)13-18(39)11-16)46-26(52)15-51-32-27(31(49-51)36(42,43)44)22-14-23(22)35(32,40)41/h4-7,10-11,13,22-23,25,53H,12,14-15H2,1-3H3,(H,46,52)(H2,47,48,50)/t22-,23+,25-/m0/s1. The van der Waals surface area contributed by atoms with E-state index in [0.29, 0.717) is 10.7 Å². The minimum absolute atomic E-state index is 0.0121. The molecule has 3 heterocycles. The van der Waals surface area contributed by atoms with Crippen LogP contribution in [-0.2, 0) is 39.9 Å². The van der Waals surface area contributed by atoms with Crippen LogP contribution in [-0.4, -0.2) is 56.3 Å². The SMILES string of the molecule is CC(C)(O)C#Cc1ccc(-c2ccc(Cl)c3c(NS(C)(=O)=O)n[nH]c23)c([C@H](Cc2cc(F)cc(F)c2)NC(=O)Cn2nc(C(F)(F)F)c3c2C(F)(F)[C@@H]2C[C@H]32)n1. The van der Waals surface area contributed by atoms with Gasteiger partial charge in [-0.2, -0.15) is 32.1 Å². The van der Waals surface area contributed by atoms with Crippen molar-refractivity contribution in [3.8, 4) is 23.0 Å². The summed E-state index contributed by atoms with van der Waals surface area (Å²) in [6, 6.07) is 7.04. The molecule has 0 bridgehead atoms. The van der Waals surface area contributed by atoms with Crippen molar-refractivity contribution in [1.82, 2.24) is 30.3 Å². The van der Waals surface area contributed by atoms with Crippen molar-refractivity contribution in [3.63, 3.8) is 0 Å². The van der Waals surface area contributed by atoms with Gasteiger partial charge in [0.05, 0.1) is 33.9 Å². The molecule has 2 aliphatic carbocycles. The third-order valence-corrected chi connectivity index (χ3v) is 10.1. The van der Waals surface area contributed by atoms with Gasteiger partial charge < -0.3 is 10.4 Å². The number of rotatable bonds is 9. The van der Waals surface area contributed by atoms with Gasteiger partial charge in [-0.15, -0.1) is 0 Å². The van der Waals surface area contributed by atoms with E-state index in [9.17, 15) is 40.3 Å². The zero-order valence-corrected chi connectivity index (χ0v) is 30.9. The number of anilines is 1. The molecule has 2 aromatic carbocycles. The summed E-state index contributed by atoms with van der Waals surface area (Å²) in [6.45, 7) is 1.72. The van der Waals surface area contributed by atoms with E-state index in [1.165, 1.54) is 38.1 Å². The second-order valence-corrected chi connectivity index (χ2v) is 16.3. The van der Waals surface area contributed by atoms with Crippen LogP contribution >= 0.6 is 11.6 Å². The first kappa shape index (κ1) is 39.1. The van der Waals surface area contributed by atoms with E-state index >= 15 is 8.78 Å². The monoisotopic (exact) mass is 823 g/mol. The summed E-state index contributed by atoms with van der Waals surface area (Å²) in [4.78, 5) is 18.5. The van der Waals surface area contributed by atoms with E-state index in [-0.39, 0.29) is 56.2 Å². The van der Waals surface area contributed by atoms with Gasteiger partial charge in [0.25, 0.3) is 5.92 Å². The number of sulfonamides is 1. The van der Waals surface area contributed by atoms with Crippen molar-refractivity contribution >= 4 is 44.3 Å². The number of aromatic nitrogens is 5. The maximum absolute atomic E-state index is 15.3. The number of fused-ring (bicyclic) bond motifs is 4. The highest BCUT2D eigenvalue weighted by molar-refractivity contribution is 7.92. The maximum atomic E-state index is 15.3. The first-order valence-corrected chi connectivity index (χ1v) is 19.0. The van der Waals surface area contributed by atoms with Crippen LogP contribution in [0.3, 0.4) is 0 Å². The number of benzene rings is 2. The second-order valence-electron chi connectivity index (χ2n) is 14.2. The van der Waals surface area contributed by atoms with Crippen LogP contribution in [0.1, 0.15) is 66.1 Å². The third-order valence-electron chi connectivity index (χ3n) is 9.19. The number of pyridine rings is 1. The summed E-state index contributed by atoms with van der Waals surface area (Å²) < 4.78 is 128. The molecule has 1 amide bonds. The number of amides is 1. The molecule has 0 radical (unpaired) electrons. The highest BCUT2D eigenvalue weighted by Crippen LogP contribution is 2.68. The van der Waals surface area contributed by atoms with E-state index < -0.39 is 93.1 Å². The minimum atomic E-state index is -5.08. The molecular formula is C36H29ClF7N7O4S. The van der Waals surface area contributed by atoms with Crippen molar-refractivity contribution < 1.29 is 49.1 Å². The largest absolute Gasteiger partial charge is 0.435 e. The zero-order chi connectivity index (χ0) is 40.7. The van der Waals surface area contributed by atoms with Crippen LogP contribution in [0.5, 0.6) is 0 Å². The first-order chi connectivity index (χ1) is 26.0. The molecule has 0 aliphatic heterocycles. The lowest BCUT2D eigenvalue weighted by molar-refractivity contribution is -0.142. The predicted molar refractivity (Wildman–Crippen MR) is 189 cm³/mol. The van der Waals surface area contributed by atoms with Crippen molar-refractivity contribution in [2.24, 2.45) is 5.92 Å². The molecule has 4 N–H and O–H groups in total. The van der Waals surface area contributed by atoms with E-state index in [1.807, 2.05) is 0 Å². The molecule has 3 aromatic heterocycles. The Morgan fingerprint density at radius 2 is 1.80 bits per heavy atom. The highest BCUT2D eigenvalue weighted by atomic mass is 35.5. The summed E-state index contributed by atoms with van der Waals surface area (Å²) in [5.74, 6) is -4.01. The molecule has 56 heavy (non-hydrogen) atoms. The smallest absolute Gasteiger partial charge is 0.378 e. The van der Waals surface area contributed by atoms with Crippen LogP contribution in [0.4, 0.5) is 36.6 Å². The Bertz CT molecular complexity index is 2590. The van der Waals surface area contributed by atoms with Crippen molar-refractivity contribution in [2.75, 3.05) is 11.0 Å². The predicted octanol–water partition coefficient (Wildman–Crippen LogP) is 6.57. The molecule has 1 fully saturated rings. The Balaban J connectivity index is 1.37. The summed E-state index contributed by atoms with van der Waals surface area (Å²) >= 11 is 6.48. The number of halogens is 8. The van der Waals surface area contributed by atoms with E-state index in [1.54, 1.807) is 0 Å². The molecular weight excluding hydrogens is 795 g/mol. The van der Waals surface area contributed by atoms with Gasteiger partial charge in [-0.1, -0.05) is 23.6 Å². The van der Waals surface area contributed by atoms with E-state index in [0.717, 1.165) is 18.4 Å². The molecule has 0 unspecified atom stereocenters. The summed E-state index contributed by atoms with van der Waals surface area (Å²) in [5, 5.41) is 23.3. The quantitative estimate of drug-likeness (QED) is 0.0969. The second kappa shape index (κ2) is 13.5. The molecule has 2 aliphatic rings. The molecule has 0 saturated heterocycles. The summed E-state index contributed by atoms with van der Waals surface area (Å²) in [6.07, 6.45) is -4.75. The lowest BCUT2D eigenvalue weighted by atomic mass is 9.93. The van der Waals surface area contributed by atoms with Gasteiger partial charge in [-0.3, -0.25) is 19.3 Å². The number of hydrogen-bond donors (Lipinski definition) is 4. The number of aromatic amines is 1. The molecule has 11 nitrogen and oxygen atoms in total. The average Bonchev–Trinajstić information content (AvgIpc) is 3.53. The van der Waals surface area contributed by atoms with Crippen molar-refractivity contribution in [3.05, 3.63) is 93.0 Å². The zero-order valence-electron chi connectivity index (χ0n) is 29.3. The number of nitrogens with zero attached hydrogens (tertiary/aromatic N) is 4. The topological polar surface area (TPSA) is 155 Å². The van der Waals surface area contributed by atoms with Crippen LogP contribution in [0.2, 0.25) is 5.02 Å². The number of carbonyl (C=O) groups is 1. The van der Waals surface area contributed by atoms with Crippen LogP contribution in [0, 0.1) is 29.4 Å². The van der Waals surface area contributed by atoms with Gasteiger partial charge in [0.2, 0.25) is 15.9 Å². The van der Waals surface area contributed by atoms with E-state index in [4.69, 9.17) is 11.6 Å². The lowest BCUT2D eigenvalue weighted by Crippen LogP contribution is -2.35. The fraction of sp³-hybridized carbons (Fsp3) is 0.333. The molecule has 294 valence electrons. The molecule has 0 spiro atoms. The Hall–Kier alpha value is -5.19. The number of hydrogen-bond acceptors (Lipinski definition) is 7. The Kier molecular flexibility index (Phi) is 9.41. The van der Waals surface area contributed by atoms with Crippen molar-refractivity contribution in [1.29, 1.82) is 0 Å². The highest BCUT2D eigenvalue weighted by Gasteiger charge is 2.68. The van der Waals surface area contributed by atoms with Crippen LogP contribution in [0.15, 0.2) is 42.5 Å². The number of alkyl halides is 5. The Labute approximate surface area is 318 Å². The molecule has 7 rings (SSSR count). The van der Waals surface area contributed by atoms with Gasteiger partial charge >= 0.3 is 6.18 Å². The number of aliphatic hydroxyl groups is 1. The fourth-order valence-corrected chi connectivity index (χ4v) is 7.72. The number of carbonyl (C=O) groups excluding carboxylic acids is 1. The third kappa shape index (κ3) is 7.64. The minimum Gasteiger partial charge on any atom is -0.378 e. The maximum Gasteiger partial charge on any atom is 0.435 e. The molecule has 1 saturated carbocycles. The number of nitrogens with one attached hydrogen (secondary N) is 3. The van der Waals surface area contributed by atoms with Gasteiger partial charge in [-0.25, -0.2) is 22.2 Å². The Morgan fingerprint density at radius 3 is 2.45 bits per heavy atom. The normalized spacial score (nSPS) is 17.9. The summed E-state index contributed by atoms with van der Waals surface area (Å²) in [5.41, 5.74) is -4.03. The fourth-order valence-electron chi connectivity index (χ4n) is 6.97. The van der Waals surface area contributed by atoms with Gasteiger partial charge in [-0.05, 0) is 74.4 Å². The molecule has 3 atom stereocenters. The number of H-pyrrole nitrogens is 1.